The molecule has 0 aliphatic carbocycles. The first-order valence-electron chi connectivity index (χ1n) is 5.27. The van der Waals surface area contributed by atoms with Gasteiger partial charge in [0.2, 0.25) is 0 Å². The van der Waals surface area contributed by atoms with Crippen molar-refractivity contribution in [2.45, 2.75) is 16.9 Å². The number of rotatable bonds is 4. The van der Waals surface area contributed by atoms with Gasteiger partial charge in [-0.15, -0.1) is 23.1 Å². The van der Waals surface area contributed by atoms with E-state index in [1.54, 1.807) is 11.3 Å². The SMILES string of the molecule is Cc1cc(C(=N)N)ccc1CSc1cccs1. The number of hydrogen-bond acceptors (Lipinski definition) is 3. The van der Waals surface area contributed by atoms with E-state index in [1.807, 2.05) is 23.9 Å². The maximum absolute atomic E-state index is 7.39. The molecule has 0 amide bonds. The number of benzene rings is 1. The number of thiophene rings is 1. The van der Waals surface area contributed by atoms with Gasteiger partial charge in [-0.2, -0.15) is 0 Å². The Morgan fingerprint density at radius 1 is 1.41 bits per heavy atom. The van der Waals surface area contributed by atoms with Crippen molar-refractivity contribution in [2.24, 2.45) is 5.73 Å². The zero-order valence-electron chi connectivity index (χ0n) is 9.57. The van der Waals surface area contributed by atoms with Gasteiger partial charge in [0, 0.05) is 11.3 Å². The van der Waals surface area contributed by atoms with E-state index in [0.717, 1.165) is 11.3 Å². The van der Waals surface area contributed by atoms with Gasteiger partial charge in [0.1, 0.15) is 5.84 Å². The van der Waals surface area contributed by atoms with Gasteiger partial charge in [0.05, 0.1) is 4.21 Å². The molecule has 0 unspecified atom stereocenters. The lowest BCUT2D eigenvalue weighted by atomic mass is 10.1. The fraction of sp³-hybridized carbons (Fsp3) is 0.154. The van der Waals surface area contributed by atoms with Crippen molar-refractivity contribution in [3.8, 4) is 0 Å². The molecule has 0 fully saturated rings. The molecule has 17 heavy (non-hydrogen) atoms. The van der Waals surface area contributed by atoms with Crippen molar-refractivity contribution in [2.75, 3.05) is 0 Å². The summed E-state index contributed by atoms with van der Waals surface area (Å²) in [6.45, 7) is 2.07. The summed E-state index contributed by atoms with van der Waals surface area (Å²) in [5.74, 6) is 1.09. The molecule has 1 aromatic carbocycles. The third kappa shape index (κ3) is 3.11. The van der Waals surface area contributed by atoms with Crippen LogP contribution in [0.5, 0.6) is 0 Å². The maximum atomic E-state index is 7.39. The van der Waals surface area contributed by atoms with Gasteiger partial charge in [-0.3, -0.25) is 5.41 Å². The molecule has 2 nitrogen and oxygen atoms in total. The topological polar surface area (TPSA) is 49.9 Å². The molecule has 0 spiro atoms. The second-order valence-corrected chi connectivity index (χ2v) is 6.00. The van der Waals surface area contributed by atoms with Crippen LogP contribution in [0.15, 0.2) is 39.9 Å². The average molecular weight is 262 g/mol. The number of amidine groups is 1. The third-order valence-corrected chi connectivity index (χ3v) is 4.70. The van der Waals surface area contributed by atoms with Gasteiger partial charge in [-0.1, -0.05) is 18.2 Å². The Morgan fingerprint density at radius 2 is 2.24 bits per heavy atom. The Hall–Kier alpha value is -1.26. The molecule has 2 rings (SSSR count). The number of thioether (sulfide) groups is 1. The zero-order valence-corrected chi connectivity index (χ0v) is 11.2. The van der Waals surface area contributed by atoms with E-state index in [4.69, 9.17) is 11.1 Å². The highest BCUT2D eigenvalue weighted by Gasteiger charge is 2.03. The molecule has 2 aromatic rings. The van der Waals surface area contributed by atoms with E-state index in [2.05, 4.69) is 30.5 Å². The maximum Gasteiger partial charge on any atom is 0.122 e. The summed E-state index contributed by atoms with van der Waals surface area (Å²) in [7, 11) is 0. The molecule has 0 atom stereocenters. The largest absolute Gasteiger partial charge is 0.384 e. The van der Waals surface area contributed by atoms with Gasteiger partial charge in [-0.05, 0) is 35.6 Å². The van der Waals surface area contributed by atoms with Gasteiger partial charge in [-0.25, -0.2) is 0 Å². The van der Waals surface area contributed by atoms with Crippen LogP contribution in [0, 0.1) is 12.3 Å². The number of nitrogens with one attached hydrogen (secondary N) is 1. The van der Waals surface area contributed by atoms with Gasteiger partial charge in [0.15, 0.2) is 0 Å². The molecule has 3 N–H and O–H groups in total. The standard InChI is InChI=1S/C13H14N2S2/c1-9-7-10(13(14)15)4-5-11(9)8-17-12-3-2-6-16-12/h2-7H,8H2,1H3,(H3,14,15). The molecule has 1 heterocycles. The molecule has 0 aliphatic heterocycles. The van der Waals surface area contributed by atoms with E-state index < -0.39 is 0 Å². The summed E-state index contributed by atoms with van der Waals surface area (Å²) in [6.07, 6.45) is 0. The van der Waals surface area contributed by atoms with Crippen molar-refractivity contribution < 1.29 is 0 Å². The van der Waals surface area contributed by atoms with Gasteiger partial charge in [0.25, 0.3) is 0 Å². The quantitative estimate of drug-likeness (QED) is 0.502. The van der Waals surface area contributed by atoms with E-state index >= 15 is 0 Å². The van der Waals surface area contributed by atoms with Gasteiger partial charge < -0.3 is 5.73 Å². The molecule has 0 aliphatic rings. The summed E-state index contributed by atoms with van der Waals surface area (Å²) in [6, 6.07) is 10.2. The van der Waals surface area contributed by atoms with Crippen LogP contribution in [-0.2, 0) is 5.75 Å². The highest BCUT2D eigenvalue weighted by Crippen LogP contribution is 2.28. The lowest BCUT2D eigenvalue weighted by molar-refractivity contribution is 1.29. The summed E-state index contributed by atoms with van der Waals surface area (Å²) in [5, 5.41) is 9.48. The van der Waals surface area contributed by atoms with Crippen LogP contribution in [0.2, 0.25) is 0 Å². The fourth-order valence-electron chi connectivity index (χ4n) is 1.52. The predicted molar refractivity (Wildman–Crippen MR) is 76.1 cm³/mol. The van der Waals surface area contributed by atoms with E-state index in [1.165, 1.54) is 15.3 Å². The van der Waals surface area contributed by atoms with Crippen molar-refractivity contribution in [1.29, 1.82) is 5.41 Å². The normalized spacial score (nSPS) is 10.4. The second-order valence-electron chi connectivity index (χ2n) is 3.78. The van der Waals surface area contributed by atoms with E-state index in [9.17, 15) is 0 Å². The molecule has 0 saturated heterocycles. The van der Waals surface area contributed by atoms with Crippen LogP contribution in [-0.4, -0.2) is 5.84 Å². The van der Waals surface area contributed by atoms with Crippen LogP contribution in [0.25, 0.3) is 0 Å². The van der Waals surface area contributed by atoms with Crippen molar-refractivity contribution in [3.63, 3.8) is 0 Å². The summed E-state index contributed by atoms with van der Waals surface area (Å²) in [4.78, 5) is 0. The molecule has 1 aromatic heterocycles. The Labute approximate surface area is 109 Å². The highest BCUT2D eigenvalue weighted by atomic mass is 32.2. The van der Waals surface area contributed by atoms with E-state index in [0.29, 0.717) is 0 Å². The van der Waals surface area contributed by atoms with Crippen LogP contribution < -0.4 is 5.73 Å². The average Bonchev–Trinajstić information content (AvgIpc) is 2.80. The smallest absolute Gasteiger partial charge is 0.122 e. The van der Waals surface area contributed by atoms with Crippen LogP contribution >= 0.6 is 23.1 Å². The van der Waals surface area contributed by atoms with Gasteiger partial charge >= 0.3 is 0 Å². The lowest BCUT2D eigenvalue weighted by Gasteiger charge is -2.07. The zero-order chi connectivity index (χ0) is 12.3. The fourth-order valence-corrected chi connectivity index (χ4v) is 3.38. The van der Waals surface area contributed by atoms with Crippen LogP contribution in [0.4, 0.5) is 0 Å². The van der Waals surface area contributed by atoms with Crippen molar-refractivity contribution in [3.05, 3.63) is 52.4 Å². The molecular formula is C13H14N2S2. The summed E-state index contributed by atoms with van der Waals surface area (Å²) < 4.78 is 1.33. The summed E-state index contributed by atoms with van der Waals surface area (Å²) >= 11 is 3.61. The third-order valence-electron chi connectivity index (χ3n) is 2.52. The number of nitrogens with two attached hydrogens (primary N) is 1. The second kappa shape index (κ2) is 5.38. The molecule has 0 radical (unpaired) electrons. The first-order valence-corrected chi connectivity index (χ1v) is 7.13. The number of aryl methyl sites for hydroxylation is 1. The highest BCUT2D eigenvalue weighted by molar-refractivity contribution is 8.00. The Kier molecular flexibility index (Phi) is 3.86. The molecule has 4 heteroatoms. The minimum absolute atomic E-state index is 0.130. The number of nitrogen functional groups attached to an aromatic ring is 1. The Morgan fingerprint density at radius 3 is 2.82 bits per heavy atom. The predicted octanol–water partition coefficient (Wildman–Crippen LogP) is 3.63. The van der Waals surface area contributed by atoms with Crippen molar-refractivity contribution in [1.82, 2.24) is 0 Å². The summed E-state index contributed by atoms with van der Waals surface area (Å²) in [5.41, 5.74) is 8.76. The first kappa shape index (κ1) is 12.2. The van der Waals surface area contributed by atoms with Crippen LogP contribution in [0.1, 0.15) is 16.7 Å². The lowest BCUT2D eigenvalue weighted by Crippen LogP contribution is -2.11. The minimum atomic E-state index is 0.130. The van der Waals surface area contributed by atoms with Crippen molar-refractivity contribution >= 4 is 28.9 Å². The van der Waals surface area contributed by atoms with E-state index in [-0.39, 0.29) is 5.84 Å². The molecule has 88 valence electrons. The molecular weight excluding hydrogens is 248 g/mol. The molecule has 0 bridgehead atoms. The number of hydrogen-bond donors (Lipinski definition) is 2. The monoisotopic (exact) mass is 262 g/mol. The Bertz CT molecular complexity index is 518. The first-order chi connectivity index (χ1) is 8.16. The Balaban J connectivity index is 2.09. The van der Waals surface area contributed by atoms with Crippen LogP contribution in [0.3, 0.4) is 0 Å². The minimum Gasteiger partial charge on any atom is -0.384 e. The molecule has 0 saturated carbocycles.